The highest BCUT2D eigenvalue weighted by Gasteiger charge is 2.23. The second kappa shape index (κ2) is 8.86. The van der Waals surface area contributed by atoms with Gasteiger partial charge >= 0.3 is 0 Å². The van der Waals surface area contributed by atoms with Crippen LogP contribution in [0.3, 0.4) is 0 Å². The Hall–Kier alpha value is -3.24. The minimum Gasteiger partial charge on any atom is -0.497 e. The van der Waals surface area contributed by atoms with Crippen molar-refractivity contribution in [3.8, 4) is 17.1 Å². The first kappa shape index (κ1) is 22.4. The molecule has 2 N–H and O–H groups in total. The number of aromatic nitrogens is 3. The van der Waals surface area contributed by atoms with Crippen molar-refractivity contribution in [2.24, 2.45) is 0 Å². The molecule has 1 amide bonds. The maximum atomic E-state index is 12.7. The number of benzene rings is 2. The van der Waals surface area contributed by atoms with Crippen molar-refractivity contribution in [2.75, 3.05) is 21.2 Å². The molecule has 2 aromatic carbocycles. The van der Waals surface area contributed by atoms with Gasteiger partial charge in [0.2, 0.25) is 10.0 Å². The van der Waals surface area contributed by atoms with Gasteiger partial charge in [-0.15, -0.1) is 0 Å². The highest BCUT2D eigenvalue weighted by atomic mass is 32.2. The van der Waals surface area contributed by atoms with Crippen LogP contribution >= 0.6 is 0 Å². The second-order valence-electron chi connectivity index (χ2n) is 7.22. The molecular weight excluding hydrogens is 418 g/mol. The third-order valence-electron chi connectivity index (χ3n) is 4.94. The predicted molar refractivity (Wildman–Crippen MR) is 116 cm³/mol. The van der Waals surface area contributed by atoms with Gasteiger partial charge in [0.25, 0.3) is 5.91 Å². The van der Waals surface area contributed by atoms with Crippen LogP contribution in [0.25, 0.3) is 11.4 Å². The van der Waals surface area contributed by atoms with E-state index < -0.39 is 15.9 Å². The van der Waals surface area contributed by atoms with E-state index in [9.17, 15) is 13.2 Å². The normalized spacial score (nSPS) is 11.5. The molecule has 3 rings (SSSR count). The molecular formula is C21H25N5O4S. The molecule has 0 radical (unpaired) electrons. The number of carbonyl (C=O) groups is 1. The summed E-state index contributed by atoms with van der Waals surface area (Å²) in [5.41, 5.74) is 2.40. The molecule has 0 unspecified atom stereocenters. The monoisotopic (exact) mass is 443 g/mol. The molecule has 1 aromatic heterocycles. The first-order valence-electron chi connectivity index (χ1n) is 9.51. The second-order valence-corrected chi connectivity index (χ2v) is 9.34. The summed E-state index contributed by atoms with van der Waals surface area (Å²) >= 11 is 0. The molecule has 0 aliphatic heterocycles. The summed E-state index contributed by atoms with van der Waals surface area (Å²) in [6.07, 6.45) is 0. The number of amides is 1. The number of hydrogen-bond acceptors (Lipinski definition) is 6. The minimum absolute atomic E-state index is 0.115. The van der Waals surface area contributed by atoms with Crippen molar-refractivity contribution in [2.45, 2.75) is 25.3 Å². The van der Waals surface area contributed by atoms with Gasteiger partial charge in [-0.2, -0.15) is 5.10 Å². The zero-order chi connectivity index (χ0) is 22.8. The van der Waals surface area contributed by atoms with Crippen LogP contribution in [0.15, 0.2) is 41.3 Å². The number of rotatable bonds is 7. The van der Waals surface area contributed by atoms with Gasteiger partial charge in [-0.1, -0.05) is 0 Å². The minimum atomic E-state index is -3.67. The van der Waals surface area contributed by atoms with Crippen molar-refractivity contribution in [3.05, 3.63) is 58.9 Å². The molecule has 164 valence electrons. The number of carbonyl (C=O) groups excluding carboxylic acids is 1. The molecule has 0 spiro atoms. The van der Waals surface area contributed by atoms with Crippen LogP contribution in [-0.4, -0.2) is 55.0 Å². The van der Waals surface area contributed by atoms with E-state index in [1.54, 1.807) is 27.0 Å². The Morgan fingerprint density at radius 2 is 1.84 bits per heavy atom. The van der Waals surface area contributed by atoms with E-state index in [4.69, 9.17) is 4.74 Å². The summed E-state index contributed by atoms with van der Waals surface area (Å²) in [7, 11) is 0.844. The van der Waals surface area contributed by atoms with E-state index in [1.165, 1.54) is 20.2 Å². The highest BCUT2D eigenvalue weighted by molar-refractivity contribution is 7.89. The first-order valence-corrected chi connectivity index (χ1v) is 10.9. The maximum absolute atomic E-state index is 12.7. The molecule has 0 aliphatic rings. The molecule has 0 saturated carbocycles. The number of nitrogens with zero attached hydrogens (tertiary/aromatic N) is 3. The standard InChI is InChI=1S/C21H25N5O4S/c1-13-10-16(11-18(14(13)2)31(28,29)26(3)4)21(27)22-12-19-23-20(25-24-19)15-6-8-17(30-5)9-7-15/h6-11H,12H2,1-5H3,(H,22,27)(H,23,24,25). The van der Waals surface area contributed by atoms with Gasteiger partial charge in [-0.25, -0.2) is 17.7 Å². The summed E-state index contributed by atoms with van der Waals surface area (Å²) in [5.74, 6) is 1.30. The Kier molecular flexibility index (Phi) is 6.42. The number of hydrogen-bond donors (Lipinski definition) is 2. The summed E-state index contributed by atoms with van der Waals surface area (Å²) < 4.78 is 31.5. The molecule has 9 nitrogen and oxygen atoms in total. The fourth-order valence-corrected chi connectivity index (χ4v) is 4.15. The zero-order valence-electron chi connectivity index (χ0n) is 18.1. The smallest absolute Gasteiger partial charge is 0.251 e. The molecule has 0 fully saturated rings. The summed E-state index contributed by atoms with van der Waals surface area (Å²) in [4.78, 5) is 17.2. The van der Waals surface area contributed by atoms with Gasteiger partial charge in [0.15, 0.2) is 5.82 Å². The van der Waals surface area contributed by atoms with E-state index in [-0.39, 0.29) is 17.0 Å². The average Bonchev–Trinajstić information content (AvgIpc) is 3.22. The van der Waals surface area contributed by atoms with Gasteiger partial charge in [0.1, 0.15) is 11.6 Å². The Balaban J connectivity index is 1.76. The van der Waals surface area contributed by atoms with Gasteiger partial charge in [-0.3, -0.25) is 9.89 Å². The molecule has 0 atom stereocenters. The summed E-state index contributed by atoms with van der Waals surface area (Å²) in [6, 6.07) is 10.4. The fraction of sp³-hybridized carbons (Fsp3) is 0.286. The number of aromatic amines is 1. The van der Waals surface area contributed by atoms with E-state index in [0.29, 0.717) is 17.2 Å². The molecule has 0 aliphatic carbocycles. The van der Waals surface area contributed by atoms with Crippen molar-refractivity contribution in [1.29, 1.82) is 0 Å². The average molecular weight is 444 g/mol. The van der Waals surface area contributed by atoms with E-state index in [1.807, 2.05) is 24.3 Å². The van der Waals surface area contributed by atoms with Gasteiger partial charge in [0.05, 0.1) is 18.6 Å². The van der Waals surface area contributed by atoms with Gasteiger partial charge in [0, 0.05) is 25.2 Å². The number of nitrogens with one attached hydrogen (secondary N) is 2. The van der Waals surface area contributed by atoms with Crippen LogP contribution in [0.4, 0.5) is 0 Å². The van der Waals surface area contributed by atoms with Gasteiger partial charge < -0.3 is 10.1 Å². The van der Waals surface area contributed by atoms with E-state index in [2.05, 4.69) is 20.5 Å². The summed E-state index contributed by atoms with van der Waals surface area (Å²) in [5, 5.41) is 9.72. The number of aryl methyl sites for hydroxylation is 1. The lowest BCUT2D eigenvalue weighted by Gasteiger charge is -2.16. The Morgan fingerprint density at radius 3 is 2.45 bits per heavy atom. The lowest BCUT2D eigenvalue weighted by molar-refractivity contribution is 0.0949. The van der Waals surface area contributed by atoms with Crippen LogP contribution in [0.5, 0.6) is 5.75 Å². The van der Waals surface area contributed by atoms with Crippen LogP contribution < -0.4 is 10.1 Å². The third-order valence-corrected chi connectivity index (χ3v) is 6.88. The number of H-pyrrole nitrogens is 1. The topological polar surface area (TPSA) is 117 Å². The first-order chi connectivity index (χ1) is 14.6. The number of sulfonamides is 1. The zero-order valence-corrected chi connectivity index (χ0v) is 18.9. The SMILES string of the molecule is COc1ccc(-c2n[nH]c(CNC(=O)c3cc(C)c(C)c(S(=O)(=O)N(C)C)c3)n2)cc1. The lowest BCUT2D eigenvalue weighted by atomic mass is 10.1. The van der Waals surface area contributed by atoms with Crippen LogP contribution in [-0.2, 0) is 16.6 Å². The number of ether oxygens (including phenoxy) is 1. The molecule has 31 heavy (non-hydrogen) atoms. The van der Waals surface area contributed by atoms with Crippen molar-refractivity contribution >= 4 is 15.9 Å². The van der Waals surface area contributed by atoms with Crippen molar-refractivity contribution < 1.29 is 17.9 Å². The predicted octanol–water partition coefficient (Wildman–Crippen LogP) is 2.28. The van der Waals surface area contributed by atoms with Crippen molar-refractivity contribution in [3.63, 3.8) is 0 Å². The van der Waals surface area contributed by atoms with E-state index in [0.717, 1.165) is 21.2 Å². The molecule has 10 heteroatoms. The maximum Gasteiger partial charge on any atom is 0.251 e. The number of methoxy groups -OCH3 is 1. The highest BCUT2D eigenvalue weighted by Crippen LogP contribution is 2.23. The molecule has 3 aromatic rings. The Bertz CT molecular complexity index is 1200. The third kappa shape index (κ3) is 4.75. The molecule has 1 heterocycles. The Morgan fingerprint density at radius 1 is 1.16 bits per heavy atom. The van der Waals surface area contributed by atoms with Crippen molar-refractivity contribution in [1.82, 2.24) is 24.8 Å². The van der Waals surface area contributed by atoms with Crippen LogP contribution in [0, 0.1) is 13.8 Å². The largest absolute Gasteiger partial charge is 0.497 e. The lowest BCUT2D eigenvalue weighted by Crippen LogP contribution is -2.26. The fourth-order valence-electron chi connectivity index (χ4n) is 2.93. The molecule has 0 saturated heterocycles. The Labute approximate surface area is 181 Å². The van der Waals surface area contributed by atoms with Crippen LogP contribution in [0.2, 0.25) is 0 Å². The van der Waals surface area contributed by atoms with Gasteiger partial charge in [-0.05, 0) is 61.4 Å². The van der Waals surface area contributed by atoms with E-state index >= 15 is 0 Å². The van der Waals surface area contributed by atoms with Crippen LogP contribution in [0.1, 0.15) is 27.3 Å². The summed E-state index contributed by atoms with van der Waals surface area (Å²) in [6.45, 7) is 3.62. The molecule has 0 bridgehead atoms. The quantitative estimate of drug-likeness (QED) is 0.579.